The molecule has 1 aromatic rings. The predicted octanol–water partition coefficient (Wildman–Crippen LogP) is 1.12. The van der Waals surface area contributed by atoms with Crippen molar-refractivity contribution in [2.45, 2.75) is 18.2 Å². The zero-order valence-electron chi connectivity index (χ0n) is 10.9. The second-order valence-electron chi connectivity index (χ2n) is 4.43. The van der Waals surface area contributed by atoms with Crippen LogP contribution in [0.4, 0.5) is 10.1 Å². The lowest BCUT2D eigenvalue weighted by atomic mass is 10.1. The molecule has 1 atom stereocenters. The van der Waals surface area contributed by atoms with Crippen molar-refractivity contribution in [3.05, 3.63) is 34.1 Å². The summed E-state index contributed by atoms with van der Waals surface area (Å²) in [6.45, 7) is 1.33. The lowest BCUT2D eigenvalue weighted by Gasteiger charge is -2.11. The number of hydrogen-bond donors (Lipinski definition) is 2. The Labute approximate surface area is 119 Å². The smallest absolute Gasteiger partial charge is 0.303 e. The van der Waals surface area contributed by atoms with Crippen LogP contribution in [0.25, 0.3) is 0 Å². The van der Waals surface area contributed by atoms with Gasteiger partial charge in [-0.2, -0.15) is 0 Å². The van der Waals surface area contributed by atoms with Gasteiger partial charge in [-0.25, -0.2) is 17.5 Å². The maximum absolute atomic E-state index is 13.6. The normalized spacial score (nSPS) is 12.9. The van der Waals surface area contributed by atoms with Gasteiger partial charge in [-0.3, -0.25) is 14.9 Å². The van der Waals surface area contributed by atoms with Crippen molar-refractivity contribution in [3.63, 3.8) is 0 Å². The largest absolute Gasteiger partial charge is 0.481 e. The fourth-order valence-electron chi connectivity index (χ4n) is 1.52. The van der Waals surface area contributed by atoms with Gasteiger partial charge in [-0.05, 0) is 12.0 Å². The summed E-state index contributed by atoms with van der Waals surface area (Å²) in [6, 6.07) is 2.17. The van der Waals surface area contributed by atoms with E-state index < -0.39 is 43.2 Å². The van der Waals surface area contributed by atoms with Gasteiger partial charge in [0.2, 0.25) is 10.0 Å². The maximum atomic E-state index is 13.6. The van der Waals surface area contributed by atoms with Crippen molar-refractivity contribution in [1.29, 1.82) is 0 Å². The summed E-state index contributed by atoms with van der Waals surface area (Å²) in [5.41, 5.74) is -0.564. The molecule has 21 heavy (non-hydrogen) atoms. The summed E-state index contributed by atoms with van der Waals surface area (Å²) in [4.78, 5) is 19.3. The van der Waals surface area contributed by atoms with Gasteiger partial charge in [-0.1, -0.05) is 6.92 Å². The van der Waals surface area contributed by atoms with E-state index in [4.69, 9.17) is 5.11 Å². The van der Waals surface area contributed by atoms with Crippen LogP contribution in [0.5, 0.6) is 0 Å². The van der Waals surface area contributed by atoms with Gasteiger partial charge in [-0.15, -0.1) is 0 Å². The highest BCUT2D eigenvalue weighted by Crippen LogP contribution is 2.20. The minimum atomic E-state index is -4.20. The van der Waals surface area contributed by atoms with Crippen LogP contribution in [0.15, 0.2) is 23.1 Å². The summed E-state index contributed by atoms with van der Waals surface area (Å²) >= 11 is 0. The van der Waals surface area contributed by atoms with Gasteiger partial charge >= 0.3 is 5.97 Å². The number of halogens is 1. The Kier molecular flexibility index (Phi) is 5.33. The molecule has 0 heterocycles. The number of nitro groups is 1. The first-order valence-corrected chi connectivity index (χ1v) is 7.27. The van der Waals surface area contributed by atoms with Crippen LogP contribution in [-0.2, 0) is 14.8 Å². The highest BCUT2D eigenvalue weighted by atomic mass is 32.2. The number of non-ortho nitro benzene ring substituents is 1. The molecule has 0 bridgehead atoms. The highest BCUT2D eigenvalue weighted by Gasteiger charge is 2.22. The molecule has 8 nitrogen and oxygen atoms in total. The zero-order chi connectivity index (χ0) is 16.2. The second-order valence-corrected chi connectivity index (χ2v) is 6.16. The molecule has 1 rings (SSSR count). The SMILES string of the molecule is CC(CNS(=O)(=O)c1ccc([N+](=O)[O-])cc1F)CC(=O)O. The van der Waals surface area contributed by atoms with E-state index in [1.807, 2.05) is 0 Å². The molecule has 0 aliphatic rings. The minimum Gasteiger partial charge on any atom is -0.481 e. The summed E-state index contributed by atoms with van der Waals surface area (Å²) < 4.78 is 39.4. The third-order valence-electron chi connectivity index (χ3n) is 2.56. The Morgan fingerprint density at radius 2 is 2.14 bits per heavy atom. The Morgan fingerprint density at radius 1 is 1.52 bits per heavy atom. The van der Waals surface area contributed by atoms with Gasteiger partial charge in [0.1, 0.15) is 10.7 Å². The van der Waals surface area contributed by atoms with Crippen LogP contribution in [-0.4, -0.2) is 31.0 Å². The van der Waals surface area contributed by atoms with Crippen LogP contribution in [0.1, 0.15) is 13.3 Å². The fourth-order valence-corrected chi connectivity index (χ4v) is 2.74. The average Bonchev–Trinajstić information content (AvgIpc) is 2.35. The third kappa shape index (κ3) is 4.76. The van der Waals surface area contributed by atoms with Gasteiger partial charge in [0.25, 0.3) is 5.69 Å². The Bertz CT molecular complexity index is 661. The van der Waals surface area contributed by atoms with Crippen molar-refractivity contribution >= 4 is 21.7 Å². The molecule has 0 aromatic heterocycles. The first-order valence-electron chi connectivity index (χ1n) is 5.79. The van der Waals surface area contributed by atoms with E-state index in [2.05, 4.69) is 4.72 Å². The summed E-state index contributed by atoms with van der Waals surface area (Å²) in [7, 11) is -4.20. The molecular weight excluding hydrogens is 307 g/mol. The van der Waals surface area contributed by atoms with Crippen LogP contribution in [0, 0.1) is 21.8 Å². The molecule has 0 aliphatic carbocycles. The number of nitrogens with zero attached hydrogens (tertiary/aromatic N) is 1. The molecule has 0 amide bonds. The molecule has 0 spiro atoms. The molecule has 1 unspecified atom stereocenters. The summed E-state index contributed by atoms with van der Waals surface area (Å²) in [5, 5.41) is 19.0. The van der Waals surface area contributed by atoms with Crippen molar-refractivity contribution in [1.82, 2.24) is 4.72 Å². The van der Waals surface area contributed by atoms with E-state index in [1.54, 1.807) is 0 Å². The lowest BCUT2D eigenvalue weighted by molar-refractivity contribution is -0.385. The van der Waals surface area contributed by atoms with E-state index in [0.717, 1.165) is 12.1 Å². The topological polar surface area (TPSA) is 127 Å². The molecule has 1 aromatic carbocycles. The predicted molar refractivity (Wildman–Crippen MR) is 69.7 cm³/mol. The maximum Gasteiger partial charge on any atom is 0.303 e. The van der Waals surface area contributed by atoms with E-state index in [1.165, 1.54) is 6.92 Å². The van der Waals surface area contributed by atoms with Crippen molar-refractivity contribution in [2.75, 3.05) is 6.54 Å². The first-order chi connectivity index (χ1) is 9.63. The summed E-state index contributed by atoms with van der Waals surface area (Å²) in [6.07, 6.45) is -0.245. The number of carboxylic acids is 1. The Hall–Kier alpha value is -2.07. The molecule has 0 saturated carbocycles. The standard InChI is InChI=1S/C11H13FN2O6S/c1-7(4-11(15)16)6-13-21(19,20)10-3-2-8(14(17)18)5-9(10)12/h2-3,5,7,13H,4,6H2,1H3,(H,15,16). The number of aliphatic carboxylic acids is 1. The van der Waals surface area contributed by atoms with Crippen LogP contribution in [0.3, 0.4) is 0 Å². The van der Waals surface area contributed by atoms with Crippen molar-refractivity contribution < 1.29 is 27.6 Å². The lowest BCUT2D eigenvalue weighted by Crippen LogP contribution is -2.30. The molecular formula is C11H13FN2O6S. The van der Waals surface area contributed by atoms with Crippen molar-refractivity contribution in [3.8, 4) is 0 Å². The monoisotopic (exact) mass is 320 g/mol. The van der Waals surface area contributed by atoms with Gasteiger partial charge in [0.15, 0.2) is 0 Å². The van der Waals surface area contributed by atoms with E-state index in [-0.39, 0.29) is 13.0 Å². The first kappa shape index (κ1) is 17.0. The van der Waals surface area contributed by atoms with Crippen LogP contribution in [0.2, 0.25) is 0 Å². The number of hydrogen-bond acceptors (Lipinski definition) is 5. The number of carboxylic acid groups (broad SMARTS) is 1. The number of nitrogens with one attached hydrogen (secondary N) is 1. The van der Waals surface area contributed by atoms with Crippen molar-refractivity contribution in [2.24, 2.45) is 5.92 Å². The molecule has 2 N–H and O–H groups in total. The van der Waals surface area contributed by atoms with Gasteiger partial charge in [0, 0.05) is 19.0 Å². The van der Waals surface area contributed by atoms with E-state index in [0.29, 0.717) is 6.07 Å². The quantitative estimate of drug-likeness (QED) is 0.572. The highest BCUT2D eigenvalue weighted by molar-refractivity contribution is 7.89. The minimum absolute atomic E-state index is 0.189. The number of rotatable bonds is 7. The van der Waals surface area contributed by atoms with Crippen LogP contribution < -0.4 is 4.72 Å². The molecule has 0 saturated heterocycles. The third-order valence-corrected chi connectivity index (χ3v) is 4.02. The number of sulfonamides is 1. The molecule has 116 valence electrons. The number of benzene rings is 1. The Morgan fingerprint density at radius 3 is 2.62 bits per heavy atom. The molecule has 0 aliphatic heterocycles. The van der Waals surface area contributed by atoms with Crippen LogP contribution >= 0.6 is 0 Å². The molecule has 0 radical (unpaired) electrons. The van der Waals surface area contributed by atoms with E-state index >= 15 is 0 Å². The average molecular weight is 320 g/mol. The second kappa shape index (κ2) is 6.59. The number of carbonyl (C=O) groups is 1. The zero-order valence-corrected chi connectivity index (χ0v) is 11.8. The van der Waals surface area contributed by atoms with Gasteiger partial charge in [0.05, 0.1) is 11.0 Å². The molecule has 0 fully saturated rings. The number of nitro benzene ring substituents is 1. The van der Waals surface area contributed by atoms with E-state index in [9.17, 15) is 27.7 Å². The molecule has 10 heteroatoms. The summed E-state index contributed by atoms with van der Waals surface area (Å²) in [5.74, 6) is -2.82. The Balaban J connectivity index is 2.88. The fraction of sp³-hybridized carbons (Fsp3) is 0.364. The van der Waals surface area contributed by atoms with Gasteiger partial charge < -0.3 is 5.11 Å².